The average molecular weight is 512 g/mol. The monoisotopic (exact) mass is 511 g/mol. The van der Waals surface area contributed by atoms with Crippen LogP contribution in [0.15, 0.2) is 77.7 Å². The highest BCUT2D eigenvalue weighted by molar-refractivity contribution is 7.92. The lowest BCUT2D eigenvalue weighted by molar-refractivity contribution is -0.129. The molecule has 1 heterocycles. The first-order valence-corrected chi connectivity index (χ1v) is 13.3. The number of ether oxygens (including phenoxy) is 1. The molecule has 0 atom stereocenters. The third-order valence-corrected chi connectivity index (χ3v) is 7.92. The zero-order chi connectivity index (χ0) is 25.7. The van der Waals surface area contributed by atoms with Crippen LogP contribution in [0.3, 0.4) is 0 Å². The van der Waals surface area contributed by atoms with Gasteiger partial charge in [-0.25, -0.2) is 12.8 Å². The number of piperazine rings is 1. The lowest BCUT2D eigenvalue weighted by atomic mass is 10.2. The fourth-order valence-corrected chi connectivity index (χ4v) is 5.63. The van der Waals surface area contributed by atoms with Gasteiger partial charge in [-0.05, 0) is 50.2 Å². The third kappa shape index (κ3) is 5.46. The molecule has 0 unspecified atom stereocenters. The van der Waals surface area contributed by atoms with E-state index < -0.39 is 10.0 Å². The summed E-state index contributed by atoms with van der Waals surface area (Å²) in [5.41, 5.74) is 1.73. The molecule has 0 bridgehead atoms. The van der Waals surface area contributed by atoms with Crippen molar-refractivity contribution in [2.24, 2.45) is 0 Å². The summed E-state index contributed by atoms with van der Waals surface area (Å²) in [6.45, 7) is 5.29. The van der Waals surface area contributed by atoms with Crippen molar-refractivity contribution in [2.45, 2.75) is 18.7 Å². The summed E-state index contributed by atoms with van der Waals surface area (Å²) in [6, 6.07) is 19.9. The first kappa shape index (κ1) is 25.5. The molecule has 4 rings (SSSR count). The molecule has 0 saturated carbocycles. The van der Waals surface area contributed by atoms with E-state index in [0.29, 0.717) is 49.9 Å². The van der Waals surface area contributed by atoms with E-state index in [0.717, 1.165) is 9.87 Å². The number of amides is 1. The highest BCUT2D eigenvalue weighted by Crippen LogP contribution is 2.33. The predicted octanol–water partition coefficient (Wildman–Crippen LogP) is 4.08. The number of halogens is 1. The van der Waals surface area contributed by atoms with Gasteiger partial charge >= 0.3 is 0 Å². The summed E-state index contributed by atoms with van der Waals surface area (Å²) in [6.07, 6.45) is 0. The van der Waals surface area contributed by atoms with Crippen molar-refractivity contribution in [3.05, 3.63) is 84.2 Å². The number of sulfonamides is 1. The van der Waals surface area contributed by atoms with Gasteiger partial charge in [-0.3, -0.25) is 9.10 Å². The molecule has 0 aromatic heterocycles. The molecular weight excluding hydrogens is 481 g/mol. The van der Waals surface area contributed by atoms with Gasteiger partial charge in [0.25, 0.3) is 10.0 Å². The number of benzene rings is 3. The molecule has 0 N–H and O–H groups in total. The SMILES string of the molecule is CCOc1ccccc1N(CC(=O)N1CCN(c2ccccc2F)CC1)S(=O)(=O)c1ccc(C)cc1. The molecule has 7 nitrogen and oxygen atoms in total. The molecule has 190 valence electrons. The molecule has 1 fully saturated rings. The molecule has 3 aromatic carbocycles. The van der Waals surface area contributed by atoms with Crippen LogP contribution in [0.25, 0.3) is 0 Å². The lowest BCUT2D eigenvalue weighted by Gasteiger charge is -2.37. The summed E-state index contributed by atoms with van der Waals surface area (Å²) < 4.78 is 48.5. The first-order valence-electron chi connectivity index (χ1n) is 11.9. The Bertz CT molecular complexity index is 1310. The Morgan fingerprint density at radius 3 is 2.25 bits per heavy atom. The molecule has 36 heavy (non-hydrogen) atoms. The minimum absolute atomic E-state index is 0.0940. The summed E-state index contributed by atoms with van der Waals surface area (Å²) in [5, 5.41) is 0. The van der Waals surface area contributed by atoms with E-state index in [1.807, 2.05) is 18.7 Å². The topological polar surface area (TPSA) is 70.2 Å². The van der Waals surface area contributed by atoms with Crippen LogP contribution >= 0.6 is 0 Å². The van der Waals surface area contributed by atoms with Crippen molar-refractivity contribution in [1.82, 2.24) is 4.90 Å². The van der Waals surface area contributed by atoms with Crippen LogP contribution in [-0.2, 0) is 14.8 Å². The Kier molecular flexibility index (Phi) is 7.79. The van der Waals surface area contributed by atoms with Gasteiger partial charge in [-0.15, -0.1) is 0 Å². The normalized spacial score (nSPS) is 14.0. The van der Waals surface area contributed by atoms with Crippen LogP contribution in [0, 0.1) is 12.7 Å². The van der Waals surface area contributed by atoms with Gasteiger partial charge < -0.3 is 14.5 Å². The molecule has 0 spiro atoms. The lowest BCUT2D eigenvalue weighted by Crippen LogP contribution is -2.52. The zero-order valence-electron chi connectivity index (χ0n) is 20.4. The number of rotatable bonds is 8. The number of para-hydroxylation sites is 3. The second-order valence-electron chi connectivity index (χ2n) is 8.54. The zero-order valence-corrected chi connectivity index (χ0v) is 21.2. The number of hydrogen-bond donors (Lipinski definition) is 0. The summed E-state index contributed by atoms with van der Waals surface area (Å²) >= 11 is 0. The first-order chi connectivity index (χ1) is 17.3. The van der Waals surface area contributed by atoms with Crippen molar-refractivity contribution in [3.63, 3.8) is 0 Å². The number of carbonyl (C=O) groups is 1. The predicted molar refractivity (Wildman–Crippen MR) is 139 cm³/mol. The van der Waals surface area contributed by atoms with Crippen molar-refractivity contribution < 1.29 is 22.3 Å². The van der Waals surface area contributed by atoms with E-state index in [1.165, 1.54) is 6.07 Å². The molecule has 0 aliphatic carbocycles. The Labute approximate surface area is 211 Å². The summed E-state index contributed by atoms with van der Waals surface area (Å²) in [5.74, 6) is -0.252. The largest absolute Gasteiger partial charge is 0.492 e. The van der Waals surface area contributed by atoms with Gasteiger partial charge in [-0.1, -0.05) is 42.0 Å². The maximum atomic E-state index is 14.2. The number of anilines is 2. The Hall–Kier alpha value is -3.59. The summed E-state index contributed by atoms with van der Waals surface area (Å²) in [4.78, 5) is 17.0. The van der Waals surface area contributed by atoms with Crippen LogP contribution in [0.2, 0.25) is 0 Å². The second kappa shape index (κ2) is 11.0. The van der Waals surface area contributed by atoms with Gasteiger partial charge in [0.1, 0.15) is 18.1 Å². The van der Waals surface area contributed by atoms with E-state index in [2.05, 4.69) is 0 Å². The van der Waals surface area contributed by atoms with Crippen LogP contribution in [-0.4, -0.2) is 58.6 Å². The maximum Gasteiger partial charge on any atom is 0.264 e. The molecule has 9 heteroatoms. The van der Waals surface area contributed by atoms with Crippen molar-refractivity contribution >= 4 is 27.3 Å². The Balaban J connectivity index is 1.59. The minimum atomic E-state index is -4.06. The molecule has 1 aliphatic rings. The van der Waals surface area contributed by atoms with Gasteiger partial charge in [0.15, 0.2) is 0 Å². The number of carbonyl (C=O) groups excluding carboxylic acids is 1. The van der Waals surface area contributed by atoms with E-state index in [4.69, 9.17) is 4.74 Å². The Morgan fingerprint density at radius 1 is 0.944 bits per heavy atom. The number of nitrogens with zero attached hydrogens (tertiary/aromatic N) is 3. The standard InChI is InChI=1S/C27H30FN3O4S/c1-3-35-26-11-7-6-10-25(26)31(36(33,34)22-14-12-21(2)13-15-22)20-27(32)30-18-16-29(17-19-30)24-9-5-4-8-23(24)28/h4-15H,3,16-20H2,1-2H3. The smallest absolute Gasteiger partial charge is 0.264 e. The van der Waals surface area contributed by atoms with Gasteiger partial charge in [0.2, 0.25) is 5.91 Å². The van der Waals surface area contributed by atoms with Gasteiger partial charge in [0, 0.05) is 26.2 Å². The molecule has 1 aliphatic heterocycles. The number of hydrogen-bond acceptors (Lipinski definition) is 5. The van der Waals surface area contributed by atoms with Gasteiger partial charge in [0.05, 0.1) is 22.9 Å². The number of aryl methyl sites for hydroxylation is 1. The Morgan fingerprint density at radius 2 is 1.58 bits per heavy atom. The van der Waals surface area contributed by atoms with Crippen LogP contribution in [0.1, 0.15) is 12.5 Å². The van der Waals surface area contributed by atoms with E-state index in [9.17, 15) is 17.6 Å². The summed E-state index contributed by atoms with van der Waals surface area (Å²) in [7, 11) is -4.06. The molecule has 3 aromatic rings. The van der Waals surface area contributed by atoms with E-state index >= 15 is 0 Å². The minimum Gasteiger partial charge on any atom is -0.492 e. The average Bonchev–Trinajstić information content (AvgIpc) is 2.88. The highest BCUT2D eigenvalue weighted by atomic mass is 32.2. The quantitative estimate of drug-likeness (QED) is 0.456. The third-order valence-electron chi connectivity index (χ3n) is 6.15. The van der Waals surface area contributed by atoms with Gasteiger partial charge in [-0.2, -0.15) is 0 Å². The van der Waals surface area contributed by atoms with Crippen molar-refractivity contribution in [2.75, 3.05) is 48.5 Å². The fourth-order valence-electron chi connectivity index (χ4n) is 4.21. The molecule has 1 amide bonds. The van der Waals surface area contributed by atoms with Crippen molar-refractivity contribution in [3.8, 4) is 5.75 Å². The maximum absolute atomic E-state index is 14.2. The van der Waals surface area contributed by atoms with Crippen LogP contribution < -0.4 is 13.9 Å². The van der Waals surface area contributed by atoms with Crippen LogP contribution in [0.5, 0.6) is 5.75 Å². The molecule has 1 saturated heterocycles. The van der Waals surface area contributed by atoms with Crippen molar-refractivity contribution in [1.29, 1.82) is 0 Å². The highest BCUT2D eigenvalue weighted by Gasteiger charge is 2.32. The van der Waals surface area contributed by atoms with E-state index in [1.54, 1.807) is 71.6 Å². The molecular formula is C27H30FN3O4S. The van der Waals surface area contributed by atoms with E-state index in [-0.39, 0.29) is 23.2 Å². The van der Waals surface area contributed by atoms with Crippen LogP contribution in [0.4, 0.5) is 15.8 Å². The molecule has 0 radical (unpaired) electrons. The second-order valence-corrected chi connectivity index (χ2v) is 10.4. The fraction of sp³-hybridized carbons (Fsp3) is 0.296.